The van der Waals surface area contributed by atoms with Gasteiger partial charge in [-0.05, 0) is 40.6 Å². The van der Waals surface area contributed by atoms with Crippen molar-refractivity contribution in [3.8, 4) is 35.1 Å². The van der Waals surface area contributed by atoms with E-state index in [2.05, 4.69) is 76.7 Å². The number of rotatable bonds is 5. The Kier molecular flexibility index (Phi) is 9.16. The molecule has 0 saturated carbocycles. The van der Waals surface area contributed by atoms with Gasteiger partial charge in [0, 0.05) is 5.56 Å². The molecule has 0 radical (unpaired) electrons. The SMILES string of the molecule is CC(C)[Si](C#CC#CCOCC#Cc1ccccc1)(C(C)C)C(C)C. The molecule has 0 saturated heterocycles. The van der Waals surface area contributed by atoms with Crippen molar-refractivity contribution in [2.24, 2.45) is 0 Å². The minimum absolute atomic E-state index is 0.373. The second-order valence-corrected chi connectivity index (χ2v) is 12.7. The van der Waals surface area contributed by atoms with Gasteiger partial charge in [0.2, 0.25) is 0 Å². The van der Waals surface area contributed by atoms with Gasteiger partial charge in [0.25, 0.3) is 0 Å². The Hall–Kier alpha value is -1.92. The fraction of sp³-hybridized carbons (Fsp3) is 0.478. The van der Waals surface area contributed by atoms with Crippen molar-refractivity contribution in [3.63, 3.8) is 0 Å². The largest absolute Gasteiger partial charge is 0.356 e. The molecule has 0 aromatic heterocycles. The van der Waals surface area contributed by atoms with Crippen molar-refractivity contribution in [3.05, 3.63) is 35.9 Å². The smallest absolute Gasteiger partial charge is 0.147 e. The maximum atomic E-state index is 5.43. The molecule has 0 aliphatic rings. The van der Waals surface area contributed by atoms with Crippen molar-refractivity contribution >= 4 is 8.07 Å². The first-order valence-corrected chi connectivity index (χ1v) is 11.3. The maximum Gasteiger partial charge on any atom is 0.147 e. The third kappa shape index (κ3) is 6.47. The molecule has 0 unspecified atom stereocenters. The van der Waals surface area contributed by atoms with E-state index < -0.39 is 8.07 Å². The maximum absolute atomic E-state index is 5.43. The van der Waals surface area contributed by atoms with Gasteiger partial charge in [0.15, 0.2) is 0 Å². The van der Waals surface area contributed by atoms with Crippen LogP contribution in [0.3, 0.4) is 0 Å². The van der Waals surface area contributed by atoms with E-state index in [9.17, 15) is 0 Å². The van der Waals surface area contributed by atoms with Crippen LogP contribution < -0.4 is 0 Å². The lowest BCUT2D eigenvalue weighted by Crippen LogP contribution is -2.43. The van der Waals surface area contributed by atoms with Crippen molar-refractivity contribution in [1.29, 1.82) is 0 Å². The summed E-state index contributed by atoms with van der Waals surface area (Å²) in [6, 6.07) is 9.90. The Morgan fingerprint density at radius 1 is 0.800 bits per heavy atom. The molecule has 0 atom stereocenters. The van der Waals surface area contributed by atoms with Gasteiger partial charge in [0.05, 0.1) is 0 Å². The standard InChI is InChI=1S/C23H30OSi/c1-20(2)25(21(3)4,22(5)6)19-12-8-11-17-24-18-13-16-23-14-9-7-10-15-23/h7,9-10,14-15,20-22H,17-18H2,1-6H3. The van der Waals surface area contributed by atoms with Crippen molar-refractivity contribution in [2.45, 2.75) is 58.2 Å². The van der Waals surface area contributed by atoms with Crippen LogP contribution in [0.5, 0.6) is 0 Å². The summed E-state index contributed by atoms with van der Waals surface area (Å²) in [5, 5.41) is 0. The molecule has 1 rings (SSSR count). The summed E-state index contributed by atoms with van der Waals surface area (Å²) in [6.45, 7) is 14.6. The minimum Gasteiger partial charge on any atom is -0.356 e. The summed E-state index contributed by atoms with van der Waals surface area (Å²) in [5.41, 5.74) is 6.48. The van der Waals surface area contributed by atoms with Crippen LogP contribution >= 0.6 is 0 Å². The zero-order valence-corrected chi connectivity index (χ0v) is 17.4. The van der Waals surface area contributed by atoms with Gasteiger partial charge in [-0.3, -0.25) is 0 Å². The van der Waals surface area contributed by atoms with Gasteiger partial charge >= 0.3 is 0 Å². The van der Waals surface area contributed by atoms with Crippen LogP contribution in [0.1, 0.15) is 47.1 Å². The van der Waals surface area contributed by atoms with E-state index in [0.29, 0.717) is 29.8 Å². The Morgan fingerprint density at radius 2 is 1.36 bits per heavy atom. The lowest BCUT2D eigenvalue weighted by Gasteiger charge is -2.37. The molecule has 0 fully saturated rings. The normalized spacial score (nSPS) is 10.6. The molecular weight excluding hydrogens is 320 g/mol. The first-order valence-electron chi connectivity index (χ1n) is 9.03. The first kappa shape index (κ1) is 21.1. The van der Waals surface area contributed by atoms with E-state index in [1.54, 1.807) is 0 Å². The quantitative estimate of drug-likeness (QED) is 0.399. The van der Waals surface area contributed by atoms with Crippen LogP contribution in [0, 0.1) is 35.1 Å². The van der Waals surface area contributed by atoms with E-state index in [1.165, 1.54) is 0 Å². The molecule has 0 spiro atoms. The zero-order valence-electron chi connectivity index (χ0n) is 16.4. The lowest BCUT2D eigenvalue weighted by atomic mass is 10.2. The minimum atomic E-state index is -1.67. The van der Waals surface area contributed by atoms with E-state index >= 15 is 0 Å². The number of ether oxygens (including phenoxy) is 1. The average molecular weight is 351 g/mol. The molecule has 0 heterocycles. The van der Waals surface area contributed by atoms with Crippen LogP contribution in [0.4, 0.5) is 0 Å². The molecule has 0 amide bonds. The fourth-order valence-electron chi connectivity index (χ4n) is 3.47. The Labute approximate surface area is 155 Å². The van der Waals surface area contributed by atoms with Gasteiger partial charge in [-0.1, -0.05) is 77.5 Å². The van der Waals surface area contributed by atoms with Crippen molar-refractivity contribution < 1.29 is 4.74 Å². The fourth-order valence-corrected chi connectivity index (χ4v) is 8.61. The molecule has 0 aliphatic heterocycles. The molecule has 0 aliphatic carbocycles. The predicted molar refractivity (Wildman–Crippen MR) is 111 cm³/mol. The summed E-state index contributed by atoms with van der Waals surface area (Å²) < 4.78 is 5.43. The van der Waals surface area contributed by atoms with Crippen LogP contribution in [0.25, 0.3) is 0 Å². The summed E-state index contributed by atoms with van der Waals surface area (Å²) >= 11 is 0. The number of hydrogen-bond donors (Lipinski definition) is 0. The number of benzene rings is 1. The molecular formula is C23H30OSi. The van der Waals surface area contributed by atoms with Crippen LogP contribution in [-0.2, 0) is 4.74 Å². The van der Waals surface area contributed by atoms with Crippen molar-refractivity contribution in [2.75, 3.05) is 13.2 Å². The molecule has 25 heavy (non-hydrogen) atoms. The summed E-state index contributed by atoms with van der Waals surface area (Å²) in [7, 11) is -1.67. The average Bonchev–Trinajstić information content (AvgIpc) is 2.56. The predicted octanol–water partition coefficient (Wildman–Crippen LogP) is 5.28. The van der Waals surface area contributed by atoms with E-state index in [-0.39, 0.29) is 0 Å². The van der Waals surface area contributed by atoms with E-state index in [1.807, 2.05) is 30.3 Å². The highest BCUT2D eigenvalue weighted by Crippen LogP contribution is 2.40. The van der Waals surface area contributed by atoms with Crippen molar-refractivity contribution in [1.82, 2.24) is 0 Å². The molecule has 0 N–H and O–H groups in total. The molecule has 132 valence electrons. The number of hydrogen-bond acceptors (Lipinski definition) is 1. The Balaban J connectivity index is 2.55. The Morgan fingerprint density at radius 3 is 1.92 bits per heavy atom. The zero-order chi connectivity index (χ0) is 18.7. The molecule has 0 bridgehead atoms. The highest BCUT2D eigenvalue weighted by molar-refractivity contribution is 6.90. The van der Waals surface area contributed by atoms with Gasteiger partial charge in [-0.15, -0.1) is 5.54 Å². The van der Waals surface area contributed by atoms with E-state index in [4.69, 9.17) is 4.74 Å². The van der Waals surface area contributed by atoms with Crippen LogP contribution in [0.2, 0.25) is 16.6 Å². The monoisotopic (exact) mass is 350 g/mol. The summed E-state index contributed by atoms with van der Waals surface area (Å²) in [5.74, 6) is 15.1. The highest BCUT2D eigenvalue weighted by atomic mass is 28.3. The van der Waals surface area contributed by atoms with Crippen LogP contribution in [0.15, 0.2) is 30.3 Å². The van der Waals surface area contributed by atoms with Gasteiger partial charge in [0.1, 0.15) is 21.3 Å². The summed E-state index contributed by atoms with van der Waals surface area (Å²) in [6.07, 6.45) is 0. The third-order valence-electron chi connectivity index (χ3n) is 4.65. The van der Waals surface area contributed by atoms with E-state index in [0.717, 1.165) is 5.56 Å². The summed E-state index contributed by atoms with van der Waals surface area (Å²) in [4.78, 5) is 0. The Bertz CT molecular complexity index is 675. The molecule has 1 aromatic rings. The molecule has 1 aromatic carbocycles. The van der Waals surface area contributed by atoms with Gasteiger partial charge < -0.3 is 4.74 Å². The second-order valence-electron chi connectivity index (χ2n) is 7.11. The first-order chi connectivity index (χ1) is 11.9. The molecule has 1 nitrogen and oxygen atoms in total. The topological polar surface area (TPSA) is 9.23 Å². The third-order valence-corrected chi connectivity index (χ3v) is 10.9. The van der Waals surface area contributed by atoms with Crippen LogP contribution in [-0.4, -0.2) is 21.3 Å². The second kappa shape index (κ2) is 10.8. The van der Waals surface area contributed by atoms with Gasteiger partial charge in [-0.2, -0.15) is 0 Å². The molecule has 2 heteroatoms. The van der Waals surface area contributed by atoms with Gasteiger partial charge in [-0.25, -0.2) is 0 Å². The highest BCUT2D eigenvalue weighted by Gasteiger charge is 2.41. The lowest BCUT2D eigenvalue weighted by molar-refractivity contribution is 0.204.